The molecule has 1 atom stereocenters. The third-order valence-corrected chi connectivity index (χ3v) is 3.50. The van der Waals surface area contributed by atoms with E-state index in [1.807, 2.05) is 24.6 Å². The van der Waals surface area contributed by atoms with E-state index < -0.39 is 0 Å². The normalized spacial score (nSPS) is 12.6. The number of nitrogens with zero attached hydrogens (tertiary/aromatic N) is 4. The monoisotopic (exact) mass is 280 g/mol. The van der Waals surface area contributed by atoms with Crippen molar-refractivity contribution in [3.05, 3.63) is 40.7 Å². The fourth-order valence-corrected chi connectivity index (χ4v) is 2.23. The van der Waals surface area contributed by atoms with Crippen molar-refractivity contribution < 1.29 is 0 Å². The summed E-state index contributed by atoms with van der Waals surface area (Å²) in [5, 5.41) is 5.08. The Morgan fingerprint density at radius 2 is 2.32 bits per heavy atom. The zero-order valence-electron chi connectivity index (χ0n) is 11.0. The van der Waals surface area contributed by atoms with Gasteiger partial charge in [0.15, 0.2) is 0 Å². The van der Waals surface area contributed by atoms with Crippen LogP contribution < -0.4 is 11.3 Å². The first-order valence-electron chi connectivity index (χ1n) is 6.11. The van der Waals surface area contributed by atoms with E-state index in [-0.39, 0.29) is 6.04 Å². The summed E-state index contributed by atoms with van der Waals surface area (Å²) in [6.07, 6.45) is 3.82. The molecular weight excluding hydrogens is 264 g/mol. The van der Waals surface area contributed by atoms with Crippen LogP contribution in [0.4, 0.5) is 0 Å². The lowest BCUT2D eigenvalue weighted by Gasteiger charge is -2.16. The van der Waals surface area contributed by atoms with Crippen LogP contribution in [0.3, 0.4) is 0 Å². The molecule has 102 valence electrons. The minimum absolute atomic E-state index is 0.123. The number of nitrogens with two attached hydrogens (primary N) is 1. The number of hydrogen-bond donors (Lipinski definition) is 2. The van der Waals surface area contributed by atoms with Crippen molar-refractivity contribution in [2.45, 2.75) is 32.9 Å². The molecule has 0 fully saturated rings. The largest absolute Gasteiger partial charge is 0.271 e. The number of hydrazine groups is 1. The summed E-state index contributed by atoms with van der Waals surface area (Å²) in [7, 11) is 0. The molecule has 0 spiro atoms. The maximum atomic E-state index is 6.30. The maximum Gasteiger partial charge on any atom is 0.115 e. The Balaban J connectivity index is 2.29. The molecule has 2 rings (SSSR count). The average Bonchev–Trinajstić information content (AvgIpc) is 2.72. The molecule has 0 aliphatic heterocycles. The van der Waals surface area contributed by atoms with Crippen LogP contribution in [0.25, 0.3) is 0 Å². The topological polar surface area (TPSA) is 81.7 Å². The smallest absolute Gasteiger partial charge is 0.115 e. The van der Waals surface area contributed by atoms with Crippen molar-refractivity contribution in [2.24, 2.45) is 5.84 Å². The number of halogens is 1. The minimum atomic E-state index is -0.123. The second kappa shape index (κ2) is 6.10. The van der Waals surface area contributed by atoms with Gasteiger partial charge in [0.2, 0.25) is 0 Å². The Morgan fingerprint density at radius 1 is 1.53 bits per heavy atom. The molecule has 0 saturated carbocycles. The van der Waals surface area contributed by atoms with E-state index >= 15 is 0 Å². The molecule has 3 N–H and O–H groups in total. The highest BCUT2D eigenvalue weighted by Gasteiger charge is 2.19. The van der Waals surface area contributed by atoms with Crippen molar-refractivity contribution in [2.75, 3.05) is 0 Å². The number of hydrogen-bond acceptors (Lipinski definition) is 5. The van der Waals surface area contributed by atoms with Crippen molar-refractivity contribution in [3.63, 3.8) is 0 Å². The van der Waals surface area contributed by atoms with Gasteiger partial charge in [-0.1, -0.05) is 11.6 Å². The summed E-state index contributed by atoms with van der Waals surface area (Å²) < 4.78 is 1.89. The summed E-state index contributed by atoms with van der Waals surface area (Å²) >= 11 is 6.30. The molecule has 7 heteroatoms. The maximum absolute atomic E-state index is 6.30. The first-order chi connectivity index (χ1) is 9.17. The van der Waals surface area contributed by atoms with Gasteiger partial charge in [-0.25, -0.2) is 9.97 Å². The summed E-state index contributed by atoms with van der Waals surface area (Å²) in [6, 6.07) is 1.71. The molecule has 1 unspecified atom stereocenters. The van der Waals surface area contributed by atoms with E-state index in [1.54, 1.807) is 6.20 Å². The quantitative estimate of drug-likeness (QED) is 0.639. The third kappa shape index (κ3) is 2.91. The molecule has 2 aromatic heterocycles. The van der Waals surface area contributed by atoms with E-state index in [0.29, 0.717) is 11.4 Å². The van der Waals surface area contributed by atoms with Crippen LogP contribution in [0.1, 0.15) is 30.0 Å². The Hall–Kier alpha value is -1.50. The molecule has 0 saturated heterocycles. The first-order valence-corrected chi connectivity index (χ1v) is 6.49. The Kier molecular flexibility index (Phi) is 4.47. The highest BCUT2D eigenvalue weighted by molar-refractivity contribution is 6.31. The van der Waals surface area contributed by atoms with Crippen LogP contribution in [-0.2, 0) is 13.0 Å². The summed E-state index contributed by atoms with van der Waals surface area (Å²) in [4.78, 5) is 8.11. The lowest BCUT2D eigenvalue weighted by Crippen LogP contribution is -2.31. The van der Waals surface area contributed by atoms with E-state index in [0.717, 1.165) is 23.6 Å². The van der Waals surface area contributed by atoms with Gasteiger partial charge in [-0.2, -0.15) is 5.10 Å². The van der Waals surface area contributed by atoms with E-state index in [1.165, 1.54) is 6.33 Å². The molecule has 0 aliphatic carbocycles. The summed E-state index contributed by atoms with van der Waals surface area (Å²) in [5.41, 5.74) is 5.39. The Bertz CT molecular complexity index is 539. The van der Waals surface area contributed by atoms with E-state index in [9.17, 15) is 0 Å². The van der Waals surface area contributed by atoms with Gasteiger partial charge in [-0.3, -0.25) is 16.0 Å². The van der Waals surface area contributed by atoms with Gasteiger partial charge < -0.3 is 0 Å². The number of aryl methyl sites for hydroxylation is 2. The van der Waals surface area contributed by atoms with Crippen molar-refractivity contribution in [1.29, 1.82) is 0 Å². The van der Waals surface area contributed by atoms with E-state index in [4.69, 9.17) is 17.4 Å². The average molecular weight is 281 g/mol. The van der Waals surface area contributed by atoms with Crippen molar-refractivity contribution >= 4 is 11.6 Å². The standard InChI is InChI=1S/C12H17ClN6/c1-3-19-11(12(13)8(2)18-19)6-10(17-14)9-4-5-15-7-16-9/h4-5,7,10,17H,3,6,14H2,1-2H3. The van der Waals surface area contributed by atoms with E-state index in [2.05, 4.69) is 20.5 Å². The summed E-state index contributed by atoms with van der Waals surface area (Å²) in [6.45, 7) is 4.69. The van der Waals surface area contributed by atoms with Gasteiger partial charge >= 0.3 is 0 Å². The molecule has 2 aromatic rings. The van der Waals surface area contributed by atoms with Crippen LogP contribution in [0.5, 0.6) is 0 Å². The number of rotatable bonds is 5. The molecule has 19 heavy (non-hydrogen) atoms. The zero-order valence-corrected chi connectivity index (χ0v) is 11.7. The molecule has 0 aliphatic rings. The number of nitrogens with one attached hydrogen (secondary N) is 1. The third-order valence-electron chi connectivity index (χ3n) is 3.01. The van der Waals surface area contributed by atoms with Crippen LogP contribution >= 0.6 is 11.6 Å². The second-order valence-corrected chi connectivity index (χ2v) is 4.60. The molecular formula is C12H17ClN6. The first kappa shape index (κ1) is 13.9. The highest BCUT2D eigenvalue weighted by atomic mass is 35.5. The van der Waals surface area contributed by atoms with Crippen LogP contribution in [0.2, 0.25) is 5.02 Å². The van der Waals surface area contributed by atoms with Gasteiger partial charge in [0.05, 0.1) is 28.1 Å². The fourth-order valence-electron chi connectivity index (χ4n) is 2.01. The van der Waals surface area contributed by atoms with Crippen LogP contribution in [-0.4, -0.2) is 19.7 Å². The van der Waals surface area contributed by atoms with Gasteiger partial charge in [0, 0.05) is 19.2 Å². The lowest BCUT2D eigenvalue weighted by molar-refractivity contribution is 0.506. The molecule has 0 amide bonds. The van der Waals surface area contributed by atoms with Gasteiger partial charge in [-0.05, 0) is 19.9 Å². The fraction of sp³-hybridized carbons (Fsp3) is 0.417. The lowest BCUT2D eigenvalue weighted by atomic mass is 10.1. The predicted molar refractivity (Wildman–Crippen MR) is 73.4 cm³/mol. The molecule has 6 nitrogen and oxygen atoms in total. The zero-order chi connectivity index (χ0) is 13.8. The Labute approximate surface area is 117 Å². The van der Waals surface area contributed by atoms with Crippen molar-refractivity contribution in [3.8, 4) is 0 Å². The molecule has 2 heterocycles. The van der Waals surface area contributed by atoms with Crippen LogP contribution in [0, 0.1) is 6.92 Å². The van der Waals surface area contributed by atoms with Gasteiger partial charge in [0.25, 0.3) is 0 Å². The summed E-state index contributed by atoms with van der Waals surface area (Å²) in [5.74, 6) is 5.62. The number of aromatic nitrogens is 4. The molecule has 0 bridgehead atoms. The Morgan fingerprint density at radius 3 is 2.89 bits per heavy atom. The molecule has 0 radical (unpaired) electrons. The van der Waals surface area contributed by atoms with Gasteiger partial charge in [-0.15, -0.1) is 0 Å². The predicted octanol–water partition coefficient (Wildman–Crippen LogP) is 1.40. The van der Waals surface area contributed by atoms with Crippen LogP contribution in [0.15, 0.2) is 18.6 Å². The minimum Gasteiger partial charge on any atom is -0.271 e. The second-order valence-electron chi connectivity index (χ2n) is 4.22. The van der Waals surface area contributed by atoms with Gasteiger partial charge in [0.1, 0.15) is 6.33 Å². The van der Waals surface area contributed by atoms with Crippen molar-refractivity contribution in [1.82, 2.24) is 25.2 Å². The molecule has 0 aromatic carbocycles. The SMILES string of the molecule is CCn1nc(C)c(Cl)c1CC(NN)c1ccncn1. The highest BCUT2D eigenvalue weighted by Crippen LogP contribution is 2.25.